The van der Waals surface area contributed by atoms with E-state index in [1.807, 2.05) is 0 Å². The van der Waals surface area contributed by atoms with Crippen LogP contribution in [0.3, 0.4) is 0 Å². The lowest BCUT2D eigenvalue weighted by atomic mass is 10.2. The fourth-order valence-electron chi connectivity index (χ4n) is 0.910. The summed E-state index contributed by atoms with van der Waals surface area (Å²) in [5.74, 6) is -2.63. The van der Waals surface area contributed by atoms with Crippen LogP contribution < -0.4 is 5.32 Å². The molecule has 0 spiro atoms. The van der Waals surface area contributed by atoms with E-state index in [-0.39, 0.29) is 6.10 Å². The summed E-state index contributed by atoms with van der Waals surface area (Å²) in [6, 6.07) is -1.99. The first kappa shape index (κ1) is 15.7. The Hall–Kier alpha value is -1.31. The maximum absolute atomic E-state index is 12.0. The number of carboxylic acid groups (broad SMARTS) is 1. The second-order valence-electron chi connectivity index (χ2n) is 3.64. The fraction of sp³-hybridized carbons (Fsp3) is 0.778. The minimum Gasteiger partial charge on any atom is -0.480 e. The lowest BCUT2D eigenvalue weighted by Gasteiger charge is -2.16. The van der Waals surface area contributed by atoms with Crippen LogP contribution in [-0.4, -0.2) is 41.9 Å². The first-order valence-corrected chi connectivity index (χ1v) is 4.82. The highest BCUT2D eigenvalue weighted by atomic mass is 19.4. The van der Waals surface area contributed by atoms with Gasteiger partial charge in [0.2, 0.25) is 5.91 Å². The monoisotopic (exact) mass is 257 g/mol. The third-order valence-electron chi connectivity index (χ3n) is 1.62. The Kier molecular flexibility index (Phi) is 5.94. The molecule has 0 aromatic rings. The molecule has 5 nitrogen and oxygen atoms in total. The average Bonchev–Trinajstić information content (AvgIpc) is 2.11. The molecule has 0 rings (SSSR count). The van der Waals surface area contributed by atoms with E-state index >= 15 is 0 Å². The Morgan fingerprint density at radius 2 is 1.88 bits per heavy atom. The standard InChI is InChI=1S/C9H14F3NO4/c1-5(2)17-4-7(14)13-6(8(15)16)3-9(10,11)12/h5-6H,3-4H2,1-2H3,(H,13,14)(H,15,16). The second-order valence-corrected chi connectivity index (χ2v) is 3.64. The van der Waals surface area contributed by atoms with Crippen LogP contribution in [0.5, 0.6) is 0 Å². The molecule has 1 atom stereocenters. The van der Waals surface area contributed by atoms with E-state index < -0.39 is 37.1 Å². The first-order valence-electron chi connectivity index (χ1n) is 4.82. The summed E-state index contributed by atoms with van der Waals surface area (Å²) in [6.45, 7) is 2.80. The fourth-order valence-corrected chi connectivity index (χ4v) is 0.910. The minimum atomic E-state index is -4.66. The molecule has 0 aliphatic carbocycles. The number of halogens is 3. The molecule has 0 aromatic heterocycles. The molecule has 0 saturated carbocycles. The molecule has 2 N–H and O–H groups in total. The van der Waals surface area contributed by atoms with Crippen LogP contribution in [0.25, 0.3) is 0 Å². The van der Waals surface area contributed by atoms with Crippen LogP contribution in [0, 0.1) is 0 Å². The van der Waals surface area contributed by atoms with Gasteiger partial charge in [0, 0.05) is 0 Å². The van der Waals surface area contributed by atoms with Gasteiger partial charge in [-0.3, -0.25) is 4.79 Å². The van der Waals surface area contributed by atoms with E-state index in [0.29, 0.717) is 0 Å². The number of amides is 1. The van der Waals surface area contributed by atoms with Gasteiger partial charge in [-0.05, 0) is 13.8 Å². The molecule has 1 unspecified atom stereocenters. The predicted molar refractivity (Wildman–Crippen MR) is 51.3 cm³/mol. The van der Waals surface area contributed by atoms with E-state index in [2.05, 4.69) is 0 Å². The number of hydrogen-bond donors (Lipinski definition) is 2. The van der Waals surface area contributed by atoms with Gasteiger partial charge in [-0.1, -0.05) is 0 Å². The molecule has 0 bridgehead atoms. The van der Waals surface area contributed by atoms with Crippen molar-refractivity contribution >= 4 is 11.9 Å². The third-order valence-corrected chi connectivity index (χ3v) is 1.62. The number of carboxylic acids is 1. The molecular weight excluding hydrogens is 243 g/mol. The van der Waals surface area contributed by atoms with Crippen LogP contribution in [0.1, 0.15) is 20.3 Å². The molecule has 0 aliphatic rings. The molecule has 8 heteroatoms. The largest absolute Gasteiger partial charge is 0.480 e. The Bertz CT molecular complexity index is 278. The molecule has 0 radical (unpaired) electrons. The van der Waals surface area contributed by atoms with Gasteiger partial charge in [0.1, 0.15) is 12.6 Å². The SMILES string of the molecule is CC(C)OCC(=O)NC(CC(F)(F)F)C(=O)O. The zero-order valence-electron chi connectivity index (χ0n) is 9.37. The quantitative estimate of drug-likeness (QED) is 0.742. The van der Waals surface area contributed by atoms with Crippen molar-refractivity contribution in [2.24, 2.45) is 0 Å². The Morgan fingerprint density at radius 3 is 2.24 bits per heavy atom. The Balaban J connectivity index is 4.26. The average molecular weight is 257 g/mol. The number of carbonyl (C=O) groups is 2. The van der Waals surface area contributed by atoms with Gasteiger partial charge in [0.15, 0.2) is 0 Å². The molecule has 0 aliphatic heterocycles. The summed E-state index contributed by atoms with van der Waals surface area (Å²) >= 11 is 0. The number of carbonyl (C=O) groups excluding carboxylic acids is 1. The summed E-state index contributed by atoms with van der Waals surface area (Å²) in [4.78, 5) is 21.6. The van der Waals surface area contributed by atoms with Crippen LogP contribution in [0.4, 0.5) is 13.2 Å². The topological polar surface area (TPSA) is 75.6 Å². The van der Waals surface area contributed by atoms with Gasteiger partial charge in [-0.15, -0.1) is 0 Å². The van der Waals surface area contributed by atoms with Crippen LogP contribution in [0.2, 0.25) is 0 Å². The highest BCUT2D eigenvalue weighted by Crippen LogP contribution is 2.21. The number of nitrogens with one attached hydrogen (secondary N) is 1. The van der Waals surface area contributed by atoms with E-state index in [1.54, 1.807) is 19.2 Å². The van der Waals surface area contributed by atoms with Crippen molar-refractivity contribution in [2.45, 2.75) is 38.6 Å². The summed E-state index contributed by atoms with van der Waals surface area (Å²) in [5, 5.41) is 10.3. The van der Waals surface area contributed by atoms with Crippen molar-refractivity contribution in [3.63, 3.8) is 0 Å². The van der Waals surface area contributed by atoms with Crippen LogP contribution >= 0.6 is 0 Å². The van der Waals surface area contributed by atoms with E-state index in [4.69, 9.17) is 9.84 Å². The third kappa shape index (κ3) is 8.49. The highest BCUT2D eigenvalue weighted by Gasteiger charge is 2.36. The molecule has 0 aromatic carbocycles. The van der Waals surface area contributed by atoms with Gasteiger partial charge in [0.05, 0.1) is 12.5 Å². The molecule has 100 valence electrons. The molecule has 17 heavy (non-hydrogen) atoms. The van der Waals surface area contributed by atoms with Crippen molar-refractivity contribution in [3.05, 3.63) is 0 Å². The van der Waals surface area contributed by atoms with Crippen molar-refractivity contribution in [2.75, 3.05) is 6.61 Å². The highest BCUT2D eigenvalue weighted by molar-refractivity contribution is 5.84. The number of alkyl halides is 3. The zero-order valence-corrected chi connectivity index (χ0v) is 9.37. The van der Waals surface area contributed by atoms with Crippen molar-refractivity contribution in [3.8, 4) is 0 Å². The Morgan fingerprint density at radius 1 is 1.35 bits per heavy atom. The molecule has 0 heterocycles. The van der Waals surface area contributed by atoms with Gasteiger partial charge >= 0.3 is 12.1 Å². The van der Waals surface area contributed by atoms with Crippen LogP contribution in [-0.2, 0) is 14.3 Å². The van der Waals surface area contributed by atoms with E-state index in [1.165, 1.54) is 0 Å². The lowest BCUT2D eigenvalue weighted by Crippen LogP contribution is -2.45. The summed E-state index contributed by atoms with van der Waals surface area (Å²) in [7, 11) is 0. The van der Waals surface area contributed by atoms with Crippen molar-refractivity contribution in [1.82, 2.24) is 5.32 Å². The van der Waals surface area contributed by atoms with E-state index in [0.717, 1.165) is 0 Å². The van der Waals surface area contributed by atoms with Gasteiger partial charge in [-0.2, -0.15) is 13.2 Å². The van der Waals surface area contributed by atoms with Gasteiger partial charge in [-0.25, -0.2) is 4.79 Å². The minimum absolute atomic E-state index is 0.272. The number of rotatable bonds is 6. The molecular formula is C9H14F3NO4. The second kappa shape index (κ2) is 6.43. The zero-order chi connectivity index (χ0) is 13.6. The molecule has 1 amide bonds. The first-order chi connectivity index (χ1) is 7.61. The molecule has 0 saturated heterocycles. The van der Waals surface area contributed by atoms with Crippen LogP contribution in [0.15, 0.2) is 0 Å². The normalized spacial score (nSPS) is 13.5. The predicted octanol–water partition coefficient (Wildman–Crippen LogP) is 0.933. The van der Waals surface area contributed by atoms with Gasteiger partial charge in [0.25, 0.3) is 0 Å². The van der Waals surface area contributed by atoms with E-state index in [9.17, 15) is 22.8 Å². The number of hydrogen-bond acceptors (Lipinski definition) is 3. The summed E-state index contributed by atoms with van der Waals surface area (Å²) in [6.07, 6.45) is -6.54. The smallest absolute Gasteiger partial charge is 0.391 e. The number of aliphatic carboxylic acids is 1. The maximum Gasteiger partial charge on any atom is 0.391 e. The Labute approximate surface area is 95.9 Å². The molecule has 0 fully saturated rings. The van der Waals surface area contributed by atoms with Crippen molar-refractivity contribution < 1.29 is 32.6 Å². The number of ether oxygens (including phenoxy) is 1. The summed E-state index contributed by atoms with van der Waals surface area (Å²) in [5.41, 5.74) is 0. The summed E-state index contributed by atoms with van der Waals surface area (Å²) < 4.78 is 40.8. The lowest BCUT2D eigenvalue weighted by molar-refractivity contribution is -0.160. The van der Waals surface area contributed by atoms with Gasteiger partial charge < -0.3 is 15.2 Å². The maximum atomic E-state index is 12.0. The van der Waals surface area contributed by atoms with Crippen molar-refractivity contribution in [1.29, 1.82) is 0 Å².